The standard InChI is InChI=1S/C7H7ClN2O4S/c8-5-3-1-2-4(7(11)12)6(5)10-15(9,13)14/h1-3,10H,(H,11,12)(H2,9,13,14). The molecule has 0 aliphatic carbocycles. The number of hydrogen-bond acceptors (Lipinski definition) is 3. The summed E-state index contributed by atoms with van der Waals surface area (Å²) < 4.78 is 23.3. The van der Waals surface area contributed by atoms with Gasteiger partial charge in [-0.15, -0.1) is 0 Å². The predicted octanol–water partition coefficient (Wildman–Crippen LogP) is 0.654. The first kappa shape index (κ1) is 11.8. The minimum atomic E-state index is -4.05. The maximum absolute atomic E-state index is 10.7. The van der Waals surface area contributed by atoms with Crippen LogP contribution < -0.4 is 9.86 Å². The fourth-order valence-electron chi connectivity index (χ4n) is 0.948. The van der Waals surface area contributed by atoms with E-state index in [0.29, 0.717) is 0 Å². The number of aromatic carboxylic acids is 1. The first-order valence-corrected chi connectivity index (χ1v) is 5.56. The van der Waals surface area contributed by atoms with E-state index in [2.05, 4.69) is 0 Å². The van der Waals surface area contributed by atoms with Crippen molar-refractivity contribution in [2.45, 2.75) is 0 Å². The SMILES string of the molecule is NS(=O)(=O)Nc1c(Cl)cccc1C(=O)O. The van der Waals surface area contributed by atoms with Crippen molar-refractivity contribution in [1.29, 1.82) is 0 Å². The highest BCUT2D eigenvalue weighted by Gasteiger charge is 2.16. The number of benzene rings is 1. The second kappa shape index (κ2) is 4.05. The van der Waals surface area contributed by atoms with E-state index in [0.717, 1.165) is 0 Å². The third-order valence-electron chi connectivity index (χ3n) is 1.49. The van der Waals surface area contributed by atoms with Gasteiger partial charge in [0.05, 0.1) is 16.3 Å². The summed E-state index contributed by atoms with van der Waals surface area (Å²) in [7, 11) is -4.05. The lowest BCUT2D eigenvalue weighted by Crippen LogP contribution is -2.23. The van der Waals surface area contributed by atoms with Crippen LogP contribution in [-0.2, 0) is 10.2 Å². The molecule has 0 aliphatic heterocycles. The Hall–Kier alpha value is -1.31. The second-order valence-corrected chi connectivity index (χ2v) is 4.32. The molecular formula is C7H7ClN2O4S. The Morgan fingerprint density at radius 2 is 2.07 bits per heavy atom. The van der Waals surface area contributed by atoms with Crippen molar-refractivity contribution in [2.24, 2.45) is 5.14 Å². The molecule has 15 heavy (non-hydrogen) atoms. The molecule has 8 heteroatoms. The molecule has 0 aliphatic rings. The summed E-state index contributed by atoms with van der Waals surface area (Å²) in [6.07, 6.45) is 0. The second-order valence-electron chi connectivity index (χ2n) is 2.61. The zero-order valence-electron chi connectivity index (χ0n) is 7.27. The fourth-order valence-corrected chi connectivity index (χ4v) is 1.73. The number of carboxylic acid groups (broad SMARTS) is 1. The summed E-state index contributed by atoms with van der Waals surface area (Å²) in [6, 6.07) is 3.95. The van der Waals surface area contributed by atoms with E-state index in [4.69, 9.17) is 21.8 Å². The number of rotatable bonds is 3. The van der Waals surface area contributed by atoms with Crippen LogP contribution in [0.5, 0.6) is 0 Å². The molecule has 4 N–H and O–H groups in total. The van der Waals surface area contributed by atoms with E-state index in [-0.39, 0.29) is 16.3 Å². The van der Waals surface area contributed by atoms with Crippen molar-refractivity contribution >= 4 is 33.5 Å². The van der Waals surface area contributed by atoms with Gasteiger partial charge >= 0.3 is 5.97 Å². The van der Waals surface area contributed by atoms with Gasteiger partial charge in [-0.25, -0.2) is 9.93 Å². The van der Waals surface area contributed by atoms with Gasteiger partial charge in [0.25, 0.3) is 10.2 Å². The minimum absolute atomic E-state index is 0.0380. The lowest BCUT2D eigenvalue weighted by Gasteiger charge is -2.08. The van der Waals surface area contributed by atoms with Crippen LogP contribution in [0.4, 0.5) is 5.69 Å². The number of anilines is 1. The largest absolute Gasteiger partial charge is 0.478 e. The van der Waals surface area contributed by atoms with Gasteiger partial charge in [0.15, 0.2) is 0 Å². The topological polar surface area (TPSA) is 109 Å². The van der Waals surface area contributed by atoms with Crippen molar-refractivity contribution in [3.8, 4) is 0 Å². The van der Waals surface area contributed by atoms with Gasteiger partial charge in [-0.05, 0) is 12.1 Å². The Morgan fingerprint density at radius 1 is 1.47 bits per heavy atom. The zero-order valence-corrected chi connectivity index (χ0v) is 8.84. The number of nitrogens with two attached hydrogens (primary N) is 1. The lowest BCUT2D eigenvalue weighted by atomic mass is 10.2. The third-order valence-corrected chi connectivity index (χ3v) is 2.29. The molecule has 0 saturated carbocycles. The Kier molecular flexibility index (Phi) is 3.18. The number of carboxylic acids is 1. The number of halogens is 1. The van der Waals surface area contributed by atoms with E-state index in [1.54, 1.807) is 0 Å². The quantitative estimate of drug-likeness (QED) is 0.732. The summed E-state index contributed by atoms with van der Waals surface area (Å²) in [5, 5.41) is 13.4. The van der Waals surface area contributed by atoms with Gasteiger partial charge < -0.3 is 5.11 Å². The lowest BCUT2D eigenvalue weighted by molar-refractivity contribution is 0.0698. The molecule has 0 heterocycles. The summed E-state index contributed by atoms with van der Waals surface area (Å²) in [5.74, 6) is -1.30. The molecule has 1 aromatic carbocycles. The van der Waals surface area contributed by atoms with Gasteiger partial charge in [0, 0.05) is 0 Å². The van der Waals surface area contributed by atoms with Gasteiger partial charge in [-0.3, -0.25) is 4.72 Å². The highest BCUT2D eigenvalue weighted by molar-refractivity contribution is 7.90. The number of carbonyl (C=O) groups is 1. The number of para-hydroxylation sites is 1. The Bertz CT molecular complexity index is 500. The van der Waals surface area contributed by atoms with Crippen molar-refractivity contribution in [3.63, 3.8) is 0 Å². The van der Waals surface area contributed by atoms with E-state index >= 15 is 0 Å². The normalized spacial score (nSPS) is 11.1. The average Bonchev–Trinajstić information content (AvgIpc) is 2.05. The molecule has 0 bridgehead atoms. The number of hydrogen-bond donors (Lipinski definition) is 3. The Balaban J connectivity index is 3.32. The molecule has 1 rings (SSSR count). The number of nitrogens with one attached hydrogen (secondary N) is 1. The fraction of sp³-hybridized carbons (Fsp3) is 0. The molecule has 1 aromatic rings. The predicted molar refractivity (Wildman–Crippen MR) is 55.1 cm³/mol. The first-order chi connectivity index (χ1) is 6.81. The van der Waals surface area contributed by atoms with Crippen LogP contribution in [0.25, 0.3) is 0 Å². The molecular weight excluding hydrogens is 244 g/mol. The average molecular weight is 251 g/mol. The molecule has 6 nitrogen and oxygen atoms in total. The van der Waals surface area contributed by atoms with E-state index in [9.17, 15) is 13.2 Å². The van der Waals surface area contributed by atoms with Crippen LogP contribution in [0.15, 0.2) is 18.2 Å². The van der Waals surface area contributed by atoms with Gasteiger partial charge in [0.2, 0.25) is 0 Å². The molecule has 0 unspecified atom stereocenters. The van der Waals surface area contributed by atoms with Crippen molar-refractivity contribution < 1.29 is 18.3 Å². The van der Waals surface area contributed by atoms with Crippen molar-refractivity contribution in [2.75, 3.05) is 4.72 Å². The third kappa shape index (κ3) is 3.08. The molecule has 0 atom stereocenters. The summed E-state index contributed by atoms with van der Waals surface area (Å²) in [6.45, 7) is 0. The van der Waals surface area contributed by atoms with Crippen LogP contribution in [0.3, 0.4) is 0 Å². The zero-order chi connectivity index (χ0) is 11.6. The minimum Gasteiger partial charge on any atom is -0.478 e. The summed E-state index contributed by atoms with van der Waals surface area (Å²) >= 11 is 5.63. The van der Waals surface area contributed by atoms with E-state index in [1.807, 2.05) is 4.72 Å². The van der Waals surface area contributed by atoms with Crippen molar-refractivity contribution in [1.82, 2.24) is 0 Å². The van der Waals surface area contributed by atoms with Gasteiger partial charge in [-0.2, -0.15) is 8.42 Å². The molecule has 0 radical (unpaired) electrons. The highest BCUT2D eigenvalue weighted by Crippen LogP contribution is 2.26. The Morgan fingerprint density at radius 3 is 2.53 bits per heavy atom. The van der Waals surface area contributed by atoms with Gasteiger partial charge in [-0.1, -0.05) is 17.7 Å². The Labute approximate surface area is 90.8 Å². The van der Waals surface area contributed by atoms with Crippen LogP contribution in [-0.4, -0.2) is 19.5 Å². The molecule has 0 saturated heterocycles. The van der Waals surface area contributed by atoms with Crippen LogP contribution in [0, 0.1) is 0 Å². The molecule has 0 spiro atoms. The van der Waals surface area contributed by atoms with Gasteiger partial charge in [0.1, 0.15) is 0 Å². The first-order valence-electron chi connectivity index (χ1n) is 3.63. The summed E-state index contributed by atoms with van der Waals surface area (Å²) in [5.41, 5.74) is -0.509. The van der Waals surface area contributed by atoms with Crippen molar-refractivity contribution in [3.05, 3.63) is 28.8 Å². The molecule has 0 amide bonds. The molecule has 0 aromatic heterocycles. The monoisotopic (exact) mass is 250 g/mol. The molecule has 82 valence electrons. The van der Waals surface area contributed by atoms with Crippen LogP contribution in [0.1, 0.15) is 10.4 Å². The maximum atomic E-state index is 10.7. The van der Waals surface area contributed by atoms with E-state index in [1.165, 1.54) is 18.2 Å². The molecule has 0 fully saturated rings. The highest BCUT2D eigenvalue weighted by atomic mass is 35.5. The maximum Gasteiger partial charge on any atom is 0.337 e. The van der Waals surface area contributed by atoms with Crippen LogP contribution >= 0.6 is 11.6 Å². The smallest absolute Gasteiger partial charge is 0.337 e. The summed E-state index contributed by atoms with van der Waals surface area (Å²) in [4.78, 5) is 10.7. The van der Waals surface area contributed by atoms with Crippen LogP contribution in [0.2, 0.25) is 5.02 Å². The van der Waals surface area contributed by atoms with E-state index < -0.39 is 16.2 Å².